The molecule has 0 aromatic heterocycles. The molecule has 2 aliphatic rings. The van der Waals surface area contributed by atoms with Gasteiger partial charge in [0.15, 0.2) is 0 Å². The molecule has 100 valence electrons. The summed E-state index contributed by atoms with van der Waals surface area (Å²) in [5, 5.41) is 15.9. The molecular formula is C12H23ClN2O2. The molecule has 0 radical (unpaired) electrons. The predicted octanol–water partition coefficient (Wildman–Crippen LogP) is 0.685. The van der Waals surface area contributed by atoms with Crippen molar-refractivity contribution in [3.8, 4) is 0 Å². The summed E-state index contributed by atoms with van der Waals surface area (Å²) in [5.74, 6) is 0.401. The molecule has 0 bridgehead atoms. The number of aliphatic hydroxyl groups is 1. The monoisotopic (exact) mass is 262 g/mol. The van der Waals surface area contributed by atoms with Crippen molar-refractivity contribution in [2.24, 2.45) is 11.3 Å². The molecule has 0 spiro atoms. The summed E-state index contributed by atoms with van der Waals surface area (Å²) >= 11 is 0. The minimum absolute atomic E-state index is 0. The van der Waals surface area contributed by atoms with Gasteiger partial charge in [0.05, 0.1) is 11.5 Å². The van der Waals surface area contributed by atoms with Crippen LogP contribution in [0.5, 0.6) is 0 Å². The predicted molar refractivity (Wildman–Crippen MR) is 69.2 cm³/mol. The third-order valence-electron chi connectivity index (χ3n) is 4.06. The van der Waals surface area contributed by atoms with Crippen LogP contribution in [-0.4, -0.2) is 36.8 Å². The number of carbonyl (C=O) groups excluding carboxylic acids is 1. The normalized spacial score (nSPS) is 36.6. The first-order chi connectivity index (χ1) is 7.62. The van der Waals surface area contributed by atoms with Crippen molar-refractivity contribution in [1.29, 1.82) is 0 Å². The number of rotatable bonds is 3. The highest BCUT2D eigenvalue weighted by molar-refractivity contribution is 5.85. The molecule has 17 heavy (non-hydrogen) atoms. The third kappa shape index (κ3) is 3.33. The summed E-state index contributed by atoms with van der Waals surface area (Å²) in [5.41, 5.74) is -0.246. The van der Waals surface area contributed by atoms with Crippen LogP contribution >= 0.6 is 12.4 Å². The summed E-state index contributed by atoms with van der Waals surface area (Å²) in [7, 11) is 0. The Labute approximate surface area is 109 Å². The van der Waals surface area contributed by atoms with E-state index in [1.807, 2.05) is 6.92 Å². The quantitative estimate of drug-likeness (QED) is 0.701. The summed E-state index contributed by atoms with van der Waals surface area (Å²) in [4.78, 5) is 12.0. The summed E-state index contributed by atoms with van der Waals surface area (Å²) < 4.78 is 0. The maximum Gasteiger partial charge on any atom is 0.227 e. The highest BCUT2D eigenvalue weighted by atomic mass is 35.5. The lowest BCUT2D eigenvalue weighted by Crippen LogP contribution is -2.43. The van der Waals surface area contributed by atoms with Gasteiger partial charge in [-0.25, -0.2) is 0 Å². The van der Waals surface area contributed by atoms with Gasteiger partial charge in [-0.2, -0.15) is 0 Å². The largest absolute Gasteiger partial charge is 0.393 e. The SMILES string of the molecule is CC1(C(=O)NCC2CCCC2O)CCNC1.Cl. The zero-order valence-electron chi connectivity index (χ0n) is 10.4. The molecule has 4 nitrogen and oxygen atoms in total. The van der Waals surface area contributed by atoms with Gasteiger partial charge in [-0.15, -0.1) is 12.4 Å². The van der Waals surface area contributed by atoms with Crippen molar-refractivity contribution in [1.82, 2.24) is 10.6 Å². The van der Waals surface area contributed by atoms with Crippen LogP contribution in [0, 0.1) is 11.3 Å². The molecule has 3 unspecified atom stereocenters. The second-order valence-corrected chi connectivity index (χ2v) is 5.46. The van der Waals surface area contributed by atoms with Crippen molar-refractivity contribution in [3.63, 3.8) is 0 Å². The van der Waals surface area contributed by atoms with Gasteiger partial charge >= 0.3 is 0 Å². The maximum absolute atomic E-state index is 12.0. The Balaban J connectivity index is 0.00000144. The minimum atomic E-state index is -0.246. The molecule has 1 saturated carbocycles. The van der Waals surface area contributed by atoms with E-state index in [2.05, 4.69) is 10.6 Å². The standard InChI is InChI=1S/C12H22N2O2.ClH/c1-12(5-6-13-8-12)11(16)14-7-9-3-2-4-10(9)15;/h9-10,13,15H,2-8H2,1H3,(H,14,16);1H. The number of hydrogen-bond acceptors (Lipinski definition) is 3. The molecule has 0 aromatic carbocycles. The highest BCUT2D eigenvalue weighted by Crippen LogP contribution is 2.27. The first kappa shape index (κ1) is 14.7. The van der Waals surface area contributed by atoms with Crippen LogP contribution in [0.3, 0.4) is 0 Å². The lowest BCUT2D eigenvalue weighted by molar-refractivity contribution is -0.129. The Morgan fingerprint density at radius 3 is 2.82 bits per heavy atom. The van der Waals surface area contributed by atoms with Crippen LogP contribution < -0.4 is 10.6 Å². The number of carbonyl (C=O) groups is 1. The molecule has 0 aromatic rings. The van der Waals surface area contributed by atoms with Crippen LogP contribution in [0.2, 0.25) is 0 Å². The fraction of sp³-hybridized carbons (Fsp3) is 0.917. The van der Waals surface area contributed by atoms with E-state index >= 15 is 0 Å². The van der Waals surface area contributed by atoms with Crippen molar-refractivity contribution in [2.45, 2.75) is 38.7 Å². The van der Waals surface area contributed by atoms with Gasteiger partial charge in [0.2, 0.25) is 5.91 Å². The van der Waals surface area contributed by atoms with Gasteiger partial charge in [0.25, 0.3) is 0 Å². The van der Waals surface area contributed by atoms with Crippen LogP contribution in [0.25, 0.3) is 0 Å². The summed E-state index contributed by atoms with van der Waals surface area (Å²) in [6, 6.07) is 0. The molecule has 1 aliphatic heterocycles. The van der Waals surface area contributed by atoms with Crippen molar-refractivity contribution in [3.05, 3.63) is 0 Å². The van der Waals surface area contributed by atoms with Crippen LogP contribution in [-0.2, 0) is 4.79 Å². The van der Waals surface area contributed by atoms with Gasteiger partial charge < -0.3 is 15.7 Å². The molecule has 3 atom stereocenters. The van der Waals surface area contributed by atoms with E-state index in [1.54, 1.807) is 0 Å². The van der Waals surface area contributed by atoms with E-state index in [0.29, 0.717) is 6.54 Å². The molecule has 3 N–H and O–H groups in total. The minimum Gasteiger partial charge on any atom is -0.393 e. The van der Waals surface area contributed by atoms with Gasteiger partial charge in [-0.05, 0) is 32.7 Å². The number of hydrogen-bond donors (Lipinski definition) is 3. The van der Waals surface area contributed by atoms with Crippen LogP contribution in [0.1, 0.15) is 32.6 Å². The molecule has 2 fully saturated rings. The van der Waals surface area contributed by atoms with E-state index in [4.69, 9.17) is 0 Å². The van der Waals surface area contributed by atoms with E-state index < -0.39 is 0 Å². The third-order valence-corrected chi connectivity index (χ3v) is 4.06. The van der Waals surface area contributed by atoms with Crippen LogP contribution in [0.15, 0.2) is 0 Å². The highest BCUT2D eigenvalue weighted by Gasteiger charge is 2.36. The Morgan fingerprint density at radius 2 is 2.29 bits per heavy atom. The van der Waals surface area contributed by atoms with Crippen molar-refractivity contribution < 1.29 is 9.90 Å². The molecule has 5 heteroatoms. The molecule has 1 aliphatic carbocycles. The number of aliphatic hydroxyl groups excluding tert-OH is 1. The first-order valence-corrected chi connectivity index (χ1v) is 6.29. The topological polar surface area (TPSA) is 61.4 Å². The van der Waals surface area contributed by atoms with E-state index in [-0.39, 0.29) is 35.8 Å². The number of nitrogens with one attached hydrogen (secondary N) is 2. The second kappa shape index (κ2) is 6.03. The molecule has 1 saturated heterocycles. The fourth-order valence-electron chi connectivity index (χ4n) is 2.70. The maximum atomic E-state index is 12.0. The Morgan fingerprint density at radius 1 is 1.53 bits per heavy atom. The Kier molecular flexibility index (Phi) is 5.22. The van der Waals surface area contributed by atoms with Gasteiger partial charge in [0, 0.05) is 19.0 Å². The average Bonchev–Trinajstić information content (AvgIpc) is 2.85. The zero-order chi connectivity index (χ0) is 11.6. The van der Waals surface area contributed by atoms with Gasteiger partial charge in [0.1, 0.15) is 0 Å². The molecule has 1 amide bonds. The van der Waals surface area contributed by atoms with Crippen molar-refractivity contribution >= 4 is 18.3 Å². The lowest BCUT2D eigenvalue weighted by atomic mass is 9.88. The van der Waals surface area contributed by atoms with Crippen LogP contribution in [0.4, 0.5) is 0 Å². The molecular weight excluding hydrogens is 240 g/mol. The number of amides is 1. The molecule has 2 rings (SSSR count). The van der Waals surface area contributed by atoms with Gasteiger partial charge in [-0.3, -0.25) is 4.79 Å². The first-order valence-electron chi connectivity index (χ1n) is 6.29. The summed E-state index contributed by atoms with van der Waals surface area (Å²) in [6.07, 6.45) is 3.71. The van der Waals surface area contributed by atoms with E-state index in [1.165, 1.54) is 0 Å². The zero-order valence-corrected chi connectivity index (χ0v) is 11.2. The number of halogens is 1. The second-order valence-electron chi connectivity index (χ2n) is 5.46. The molecule has 1 heterocycles. The Hall–Kier alpha value is -0.320. The average molecular weight is 263 g/mol. The van der Waals surface area contributed by atoms with E-state index in [9.17, 15) is 9.90 Å². The fourth-order valence-corrected chi connectivity index (χ4v) is 2.70. The smallest absolute Gasteiger partial charge is 0.227 e. The van der Waals surface area contributed by atoms with E-state index in [0.717, 1.165) is 38.8 Å². The van der Waals surface area contributed by atoms with Crippen molar-refractivity contribution in [2.75, 3.05) is 19.6 Å². The van der Waals surface area contributed by atoms with Gasteiger partial charge in [-0.1, -0.05) is 6.42 Å². The lowest BCUT2D eigenvalue weighted by Gasteiger charge is -2.23. The Bertz CT molecular complexity index is 267. The summed E-state index contributed by atoms with van der Waals surface area (Å²) in [6.45, 7) is 4.34.